The number of hydrogen-bond donors (Lipinski definition) is 1. The van der Waals surface area contributed by atoms with Gasteiger partial charge in [0.05, 0.1) is 7.11 Å². The molecule has 1 unspecified atom stereocenters. The van der Waals surface area contributed by atoms with Crippen LogP contribution in [0.5, 0.6) is 0 Å². The number of carbonyl (C=O) groups is 1. The summed E-state index contributed by atoms with van der Waals surface area (Å²) in [5.74, 6) is -0.711. The number of hydrogen-bond acceptors (Lipinski definition) is 5. The summed E-state index contributed by atoms with van der Waals surface area (Å²) in [4.78, 5) is 11.2. The molecule has 1 heterocycles. The summed E-state index contributed by atoms with van der Waals surface area (Å²) in [7, 11) is -2.39. The summed E-state index contributed by atoms with van der Waals surface area (Å²) in [5, 5.41) is 1.98. The largest absolute Gasteiger partial charge is 0.468 e. The van der Waals surface area contributed by atoms with E-state index in [1.807, 2.05) is 0 Å². The number of ether oxygens (including phenoxy) is 1. The van der Waals surface area contributed by atoms with Crippen molar-refractivity contribution in [3.05, 3.63) is 0 Å². The average Bonchev–Trinajstić information content (AvgIpc) is 2.55. The van der Waals surface area contributed by atoms with Gasteiger partial charge in [-0.1, -0.05) is 0 Å². The zero-order valence-corrected chi connectivity index (χ0v) is 10.4. The first-order chi connectivity index (χ1) is 7.50. The highest BCUT2D eigenvalue weighted by molar-refractivity contribution is 7.90. The molecule has 1 N–H and O–H groups in total. The van der Waals surface area contributed by atoms with Crippen molar-refractivity contribution in [2.45, 2.75) is 18.6 Å². The van der Waals surface area contributed by atoms with Gasteiger partial charge in [0.2, 0.25) is 10.0 Å². The molecule has 1 aliphatic heterocycles. The number of rotatable bonds is 3. The zero-order chi connectivity index (χ0) is 12.2. The molecule has 1 atom stereocenters. The van der Waals surface area contributed by atoms with Crippen LogP contribution in [0.4, 0.5) is 0 Å². The second-order valence-corrected chi connectivity index (χ2v) is 5.97. The molecule has 0 amide bonds. The molecule has 1 fully saturated rings. The fraction of sp³-hybridized carbons (Fsp3) is 0.889. The summed E-state index contributed by atoms with van der Waals surface area (Å²) >= 11 is 0. The molecule has 16 heavy (non-hydrogen) atoms. The van der Waals surface area contributed by atoms with Gasteiger partial charge in [-0.2, -0.15) is 4.31 Å². The summed E-state index contributed by atoms with van der Waals surface area (Å²) in [6, 6.07) is 0. The van der Waals surface area contributed by atoms with Gasteiger partial charge in [-0.05, 0) is 19.9 Å². The lowest BCUT2D eigenvalue weighted by molar-refractivity contribution is -0.139. The Morgan fingerprint density at radius 3 is 2.69 bits per heavy atom. The molecule has 6 nitrogen and oxygen atoms in total. The van der Waals surface area contributed by atoms with E-state index in [-0.39, 0.29) is 0 Å². The fourth-order valence-corrected chi connectivity index (χ4v) is 3.10. The van der Waals surface area contributed by atoms with E-state index in [0.717, 1.165) is 13.0 Å². The van der Waals surface area contributed by atoms with Crippen molar-refractivity contribution in [1.82, 2.24) is 9.62 Å². The minimum absolute atomic E-state index is 0.406. The molecule has 0 aromatic carbocycles. The molecule has 0 bridgehead atoms. The van der Waals surface area contributed by atoms with Crippen LogP contribution in [0.25, 0.3) is 0 Å². The quantitative estimate of drug-likeness (QED) is 0.662. The van der Waals surface area contributed by atoms with Crippen LogP contribution >= 0.6 is 0 Å². The molecule has 94 valence electrons. The Bertz CT molecular complexity index is 333. The molecule has 0 aliphatic carbocycles. The fourth-order valence-electron chi connectivity index (χ4n) is 1.59. The average molecular weight is 250 g/mol. The van der Waals surface area contributed by atoms with E-state index in [4.69, 9.17) is 0 Å². The lowest BCUT2D eigenvalue weighted by Crippen LogP contribution is -2.43. The SMILES string of the molecule is COC(=O)C(C)S(=O)(=O)N1CCCNCC1. The van der Waals surface area contributed by atoms with Gasteiger partial charge in [0.15, 0.2) is 5.25 Å². The second-order valence-electron chi connectivity index (χ2n) is 3.71. The monoisotopic (exact) mass is 250 g/mol. The first-order valence-corrected chi connectivity index (χ1v) is 6.78. The van der Waals surface area contributed by atoms with Gasteiger partial charge in [-0.3, -0.25) is 4.79 Å². The Labute approximate surface area is 96.0 Å². The lowest BCUT2D eigenvalue weighted by atomic mass is 10.4. The van der Waals surface area contributed by atoms with Crippen LogP contribution in [-0.4, -0.2) is 57.2 Å². The smallest absolute Gasteiger partial charge is 0.325 e. The number of sulfonamides is 1. The maximum atomic E-state index is 12.0. The summed E-state index contributed by atoms with van der Waals surface area (Å²) in [6.45, 7) is 3.64. The van der Waals surface area contributed by atoms with E-state index in [1.165, 1.54) is 18.3 Å². The predicted molar refractivity (Wildman–Crippen MR) is 59.5 cm³/mol. The number of esters is 1. The highest BCUT2D eigenvalue weighted by atomic mass is 32.2. The Morgan fingerprint density at radius 1 is 1.38 bits per heavy atom. The highest BCUT2D eigenvalue weighted by Gasteiger charge is 2.34. The first-order valence-electron chi connectivity index (χ1n) is 5.27. The van der Waals surface area contributed by atoms with Crippen LogP contribution < -0.4 is 5.32 Å². The molecular weight excluding hydrogens is 232 g/mol. The molecule has 1 rings (SSSR count). The molecular formula is C9H18N2O4S. The van der Waals surface area contributed by atoms with Crippen molar-refractivity contribution in [2.75, 3.05) is 33.3 Å². The van der Waals surface area contributed by atoms with Crippen LogP contribution in [0.15, 0.2) is 0 Å². The van der Waals surface area contributed by atoms with Crippen LogP contribution in [0.1, 0.15) is 13.3 Å². The molecule has 1 aliphatic rings. The second kappa shape index (κ2) is 5.60. The number of nitrogens with one attached hydrogen (secondary N) is 1. The van der Waals surface area contributed by atoms with Crippen molar-refractivity contribution in [1.29, 1.82) is 0 Å². The Balaban J connectivity index is 2.78. The third kappa shape index (κ3) is 2.93. The minimum atomic E-state index is -3.58. The maximum absolute atomic E-state index is 12.0. The van der Waals surface area contributed by atoms with Crippen molar-refractivity contribution >= 4 is 16.0 Å². The van der Waals surface area contributed by atoms with E-state index in [2.05, 4.69) is 10.1 Å². The zero-order valence-electron chi connectivity index (χ0n) is 9.60. The topological polar surface area (TPSA) is 75.7 Å². The van der Waals surface area contributed by atoms with Crippen molar-refractivity contribution in [3.63, 3.8) is 0 Å². The first kappa shape index (κ1) is 13.4. The van der Waals surface area contributed by atoms with Crippen molar-refractivity contribution in [3.8, 4) is 0 Å². The molecule has 7 heteroatoms. The van der Waals surface area contributed by atoms with Gasteiger partial charge in [-0.25, -0.2) is 8.42 Å². The van der Waals surface area contributed by atoms with Crippen LogP contribution in [0.3, 0.4) is 0 Å². The van der Waals surface area contributed by atoms with Crippen molar-refractivity contribution in [2.24, 2.45) is 0 Å². The molecule has 0 aromatic rings. The molecule has 1 saturated heterocycles. The van der Waals surface area contributed by atoms with Crippen molar-refractivity contribution < 1.29 is 17.9 Å². The van der Waals surface area contributed by atoms with Crippen LogP contribution in [-0.2, 0) is 19.6 Å². The van der Waals surface area contributed by atoms with E-state index in [0.29, 0.717) is 19.6 Å². The van der Waals surface area contributed by atoms with Gasteiger partial charge < -0.3 is 10.1 Å². The molecule has 0 aromatic heterocycles. The highest BCUT2D eigenvalue weighted by Crippen LogP contribution is 2.11. The lowest BCUT2D eigenvalue weighted by Gasteiger charge is -2.22. The van der Waals surface area contributed by atoms with E-state index in [9.17, 15) is 13.2 Å². The summed E-state index contributed by atoms with van der Waals surface area (Å²) in [5.41, 5.74) is 0. The Kier molecular flexibility index (Phi) is 4.69. The van der Waals surface area contributed by atoms with Crippen LogP contribution in [0.2, 0.25) is 0 Å². The number of nitrogens with zero attached hydrogens (tertiary/aromatic N) is 1. The predicted octanol–water partition coefficient (Wildman–Crippen LogP) is -0.827. The molecule has 0 saturated carbocycles. The number of carbonyl (C=O) groups excluding carboxylic acids is 1. The maximum Gasteiger partial charge on any atom is 0.325 e. The number of methoxy groups -OCH3 is 1. The van der Waals surface area contributed by atoms with Gasteiger partial charge in [-0.15, -0.1) is 0 Å². The molecule has 0 spiro atoms. The summed E-state index contributed by atoms with van der Waals surface area (Å²) in [6.07, 6.45) is 0.757. The van der Waals surface area contributed by atoms with Gasteiger partial charge in [0.1, 0.15) is 0 Å². The normalized spacial score (nSPS) is 21.1. The van der Waals surface area contributed by atoms with Gasteiger partial charge in [0.25, 0.3) is 0 Å². The van der Waals surface area contributed by atoms with E-state index < -0.39 is 21.2 Å². The van der Waals surface area contributed by atoms with E-state index in [1.54, 1.807) is 0 Å². The molecule has 0 radical (unpaired) electrons. The van der Waals surface area contributed by atoms with Crippen LogP contribution in [0, 0.1) is 0 Å². The van der Waals surface area contributed by atoms with Gasteiger partial charge in [0, 0.05) is 19.6 Å². The van der Waals surface area contributed by atoms with E-state index >= 15 is 0 Å². The minimum Gasteiger partial charge on any atom is -0.468 e. The summed E-state index contributed by atoms with van der Waals surface area (Å²) < 4.78 is 29.9. The standard InChI is InChI=1S/C9H18N2O4S/c1-8(9(12)15-2)16(13,14)11-6-3-4-10-5-7-11/h8,10H,3-7H2,1-2H3. The Hall–Kier alpha value is -0.660. The Morgan fingerprint density at radius 2 is 2.06 bits per heavy atom. The van der Waals surface area contributed by atoms with Gasteiger partial charge >= 0.3 is 5.97 Å². The third-order valence-corrected chi connectivity index (χ3v) is 4.81. The third-order valence-electron chi connectivity index (χ3n) is 2.64.